The molecular weight excluding hydrogens is 341 g/mol. The van der Waals surface area contributed by atoms with Crippen LogP contribution in [0.4, 0.5) is 11.6 Å². The smallest absolute Gasteiger partial charge is 0.299 e. The highest BCUT2D eigenvalue weighted by atomic mass is 35.5. The maximum atomic E-state index is 12.2. The van der Waals surface area contributed by atoms with Crippen molar-refractivity contribution in [3.8, 4) is 0 Å². The Morgan fingerprint density at radius 3 is 2.38 bits per heavy atom. The molecule has 0 radical (unpaired) electrons. The number of hydrogen-bond acceptors (Lipinski definition) is 6. The van der Waals surface area contributed by atoms with E-state index in [4.69, 9.17) is 28.9 Å². The van der Waals surface area contributed by atoms with E-state index in [2.05, 4.69) is 14.8 Å². The molecule has 0 saturated heterocycles. The molecule has 0 bridgehead atoms. The largest absolute Gasteiger partial charge is 0.368 e. The molecule has 1 heterocycles. The summed E-state index contributed by atoms with van der Waals surface area (Å²) in [5, 5.41) is 3.07. The number of sulfonamides is 1. The van der Waals surface area contributed by atoms with Crippen LogP contribution in [0.15, 0.2) is 23.4 Å². The minimum absolute atomic E-state index is 0.0152. The summed E-state index contributed by atoms with van der Waals surface area (Å²) in [4.78, 5) is 14.7. The lowest BCUT2D eigenvalue weighted by Crippen LogP contribution is -2.16. The van der Waals surface area contributed by atoms with Gasteiger partial charge in [0.2, 0.25) is 11.9 Å². The molecule has 0 aliphatic rings. The predicted octanol–water partition coefficient (Wildman–Crippen LogP) is 1.63. The number of nitrogen functional groups attached to an aromatic ring is 1. The molecule has 3 N–H and O–H groups in total. The summed E-state index contributed by atoms with van der Waals surface area (Å²) < 4.78 is 27.1. The fraction of sp³-hybridized carbons (Fsp3) is 0.100. The number of carbonyl (C=O) groups excluding carboxylic acids is 1. The van der Waals surface area contributed by atoms with Gasteiger partial charge in [-0.15, -0.1) is 5.10 Å². The SMILES string of the molecule is CC(=O)n1nc(S(=O)(=O)Nc2c(Cl)cccc2Cl)nc1N. The molecule has 21 heavy (non-hydrogen) atoms. The Balaban J connectivity index is 2.44. The highest BCUT2D eigenvalue weighted by Crippen LogP contribution is 2.31. The maximum Gasteiger partial charge on any atom is 0.299 e. The first-order valence-electron chi connectivity index (χ1n) is 5.42. The zero-order valence-corrected chi connectivity index (χ0v) is 12.9. The molecule has 0 saturated carbocycles. The van der Waals surface area contributed by atoms with Crippen LogP contribution in [-0.4, -0.2) is 29.1 Å². The molecule has 2 aromatic rings. The quantitative estimate of drug-likeness (QED) is 0.868. The van der Waals surface area contributed by atoms with Crippen LogP contribution in [0.1, 0.15) is 11.7 Å². The van der Waals surface area contributed by atoms with Gasteiger partial charge in [0.25, 0.3) is 15.2 Å². The molecule has 2 rings (SSSR count). The van der Waals surface area contributed by atoms with Crippen molar-refractivity contribution in [3.05, 3.63) is 28.2 Å². The number of para-hydroxylation sites is 1. The van der Waals surface area contributed by atoms with Crippen LogP contribution in [0.3, 0.4) is 0 Å². The third-order valence-corrected chi connectivity index (χ3v) is 4.11. The molecule has 1 aromatic heterocycles. The lowest BCUT2D eigenvalue weighted by Gasteiger charge is -2.08. The molecule has 0 spiro atoms. The van der Waals surface area contributed by atoms with Gasteiger partial charge >= 0.3 is 0 Å². The van der Waals surface area contributed by atoms with E-state index in [0.717, 1.165) is 0 Å². The standard InChI is InChI=1S/C10H9Cl2N5O3S/c1-5(18)17-9(13)14-10(15-17)21(19,20)16-8-6(11)3-2-4-7(8)12/h2-4,16H,1H3,(H2,13,14,15). The van der Waals surface area contributed by atoms with Crippen LogP contribution in [0.25, 0.3) is 0 Å². The number of nitrogens with zero attached hydrogens (tertiary/aromatic N) is 3. The van der Waals surface area contributed by atoms with Crippen molar-refractivity contribution in [2.45, 2.75) is 12.1 Å². The van der Waals surface area contributed by atoms with Gasteiger partial charge in [-0.3, -0.25) is 9.52 Å². The van der Waals surface area contributed by atoms with Crippen LogP contribution in [0.5, 0.6) is 0 Å². The van der Waals surface area contributed by atoms with Crippen molar-refractivity contribution in [3.63, 3.8) is 0 Å². The fourth-order valence-electron chi connectivity index (χ4n) is 1.43. The number of nitrogens with two attached hydrogens (primary N) is 1. The van der Waals surface area contributed by atoms with Crippen molar-refractivity contribution < 1.29 is 13.2 Å². The summed E-state index contributed by atoms with van der Waals surface area (Å²) in [6.45, 7) is 1.17. The third kappa shape index (κ3) is 3.09. The summed E-state index contributed by atoms with van der Waals surface area (Å²) in [5.74, 6) is -0.912. The minimum Gasteiger partial charge on any atom is -0.368 e. The average molecular weight is 350 g/mol. The first-order chi connectivity index (χ1) is 9.72. The molecule has 1 aromatic carbocycles. The van der Waals surface area contributed by atoms with Gasteiger partial charge in [-0.05, 0) is 12.1 Å². The van der Waals surface area contributed by atoms with Crippen molar-refractivity contribution in [2.75, 3.05) is 10.5 Å². The van der Waals surface area contributed by atoms with Crippen LogP contribution >= 0.6 is 23.2 Å². The van der Waals surface area contributed by atoms with Crippen molar-refractivity contribution in [1.29, 1.82) is 0 Å². The van der Waals surface area contributed by atoms with E-state index in [0.29, 0.717) is 4.68 Å². The third-order valence-electron chi connectivity index (χ3n) is 2.35. The molecule has 11 heteroatoms. The lowest BCUT2D eigenvalue weighted by molar-refractivity contribution is 0.0922. The van der Waals surface area contributed by atoms with Gasteiger partial charge in [0, 0.05) is 6.92 Å². The number of hydrogen-bond donors (Lipinski definition) is 2. The van der Waals surface area contributed by atoms with E-state index in [1.54, 1.807) is 6.07 Å². The number of aromatic nitrogens is 3. The second-order valence-electron chi connectivity index (χ2n) is 3.89. The summed E-state index contributed by atoms with van der Waals surface area (Å²) >= 11 is 11.7. The molecule has 0 aliphatic heterocycles. The number of anilines is 2. The zero-order valence-electron chi connectivity index (χ0n) is 10.5. The number of nitrogens with one attached hydrogen (secondary N) is 1. The molecule has 0 atom stereocenters. The van der Waals surface area contributed by atoms with E-state index in [1.165, 1.54) is 19.1 Å². The van der Waals surface area contributed by atoms with Crippen LogP contribution in [0.2, 0.25) is 10.0 Å². The predicted molar refractivity (Wildman–Crippen MR) is 78.0 cm³/mol. The minimum atomic E-state index is -4.19. The van der Waals surface area contributed by atoms with E-state index in [9.17, 15) is 13.2 Å². The monoisotopic (exact) mass is 349 g/mol. The fourth-order valence-corrected chi connectivity index (χ4v) is 3.01. The Hall–Kier alpha value is -1.84. The molecule has 0 amide bonds. The van der Waals surface area contributed by atoms with Gasteiger partial charge in [0.1, 0.15) is 0 Å². The Morgan fingerprint density at radius 2 is 1.90 bits per heavy atom. The molecule has 0 aliphatic carbocycles. The lowest BCUT2D eigenvalue weighted by atomic mass is 10.3. The van der Waals surface area contributed by atoms with Gasteiger partial charge in [-0.1, -0.05) is 29.3 Å². The summed E-state index contributed by atoms with van der Waals surface area (Å²) in [6.07, 6.45) is 0. The molecular formula is C10H9Cl2N5O3S. The van der Waals surface area contributed by atoms with E-state index >= 15 is 0 Å². The van der Waals surface area contributed by atoms with E-state index in [1.807, 2.05) is 0 Å². The first-order valence-corrected chi connectivity index (χ1v) is 7.66. The Bertz CT molecular complexity index is 798. The molecule has 0 unspecified atom stereocenters. The van der Waals surface area contributed by atoms with E-state index < -0.39 is 21.1 Å². The second-order valence-corrected chi connectivity index (χ2v) is 6.28. The Morgan fingerprint density at radius 1 is 1.33 bits per heavy atom. The van der Waals surface area contributed by atoms with Crippen molar-refractivity contribution in [2.24, 2.45) is 0 Å². The zero-order chi connectivity index (χ0) is 15.8. The van der Waals surface area contributed by atoms with Gasteiger partial charge in [-0.2, -0.15) is 18.1 Å². The molecule has 0 fully saturated rings. The highest BCUT2D eigenvalue weighted by molar-refractivity contribution is 7.92. The van der Waals surface area contributed by atoms with Gasteiger partial charge in [0.05, 0.1) is 15.7 Å². The van der Waals surface area contributed by atoms with Crippen molar-refractivity contribution >= 4 is 50.8 Å². The van der Waals surface area contributed by atoms with Gasteiger partial charge in [-0.25, -0.2) is 0 Å². The number of benzene rings is 1. The number of carbonyl (C=O) groups is 1. The van der Waals surface area contributed by atoms with Gasteiger partial charge < -0.3 is 5.73 Å². The highest BCUT2D eigenvalue weighted by Gasteiger charge is 2.24. The van der Waals surface area contributed by atoms with Crippen LogP contribution in [0, 0.1) is 0 Å². The normalized spacial score (nSPS) is 11.4. The maximum absolute atomic E-state index is 12.2. The Labute approximate surface area is 129 Å². The molecule has 112 valence electrons. The Kier molecular flexibility index (Phi) is 4.08. The van der Waals surface area contributed by atoms with Gasteiger partial charge in [0.15, 0.2) is 0 Å². The number of rotatable bonds is 3. The van der Waals surface area contributed by atoms with Crippen LogP contribution in [-0.2, 0) is 10.0 Å². The summed E-state index contributed by atoms with van der Waals surface area (Å²) in [5.41, 5.74) is 5.40. The topological polar surface area (TPSA) is 120 Å². The first kappa shape index (κ1) is 15.5. The number of halogens is 2. The second kappa shape index (κ2) is 5.51. The summed E-state index contributed by atoms with van der Waals surface area (Å²) in [7, 11) is -4.19. The van der Waals surface area contributed by atoms with E-state index in [-0.39, 0.29) is 21.7 Å². The molecule has 8 nitrogen and oxygen atoms in total. The van der Waals surface area contributed by atoms with Crippen LogP contribution < -0.4 is 10.5 Å². The summed E-state index contributed by atoms with van der Waals surface area (Å²) in [6, 6.07) is 4.48. The average Bonchev–Trinajstić information content (AvgIpc) is 2.77. The van der Waals surface area contributed by atoms with Crippen molar-refractivity contribution in [1.82, 2.24) is 14.8 Å².